The van der Waals surface area contributed by atoms with Gasteiger partial charge in [0.2, 0.25) is 0 Å². The number of nitrogens with zero attached hydrogens (tertiary/aromatic N) is 3. The average molecular weight is 499 g/mol. The Bertz CT molecular complexity index is 1590. The van der Waals surface area contributed by atoms with Gasteiger partial charge in [-0.05, 0) is 54.1 Å². The Balaban J connectivity index is 1.54. The normalized spacial score (nSPS) is 11.8. The number of rotatable bonds is 8. The molecule has 5 rings (SSSR count). The summed E-state index contributed by atoms with van der Waals surface area (Å²) in [7, 11) is 0. The predicted molar refractivity (Wildman–Crippen MR) is 142 cm³/mol. The molecule has 2 heterocycles. The molecule has 0 amide bonds. The van der Waals surface area contributed by atoms with E-state index in [1.54, 1.807) is 64.0 Å². The molecule has 3 aromatic carbocycles. The highest BCUT2D eigenvalue weighted by molar-refractivity contribution is 6.32. The molecule has 0 radical (unpaired) electrons. The van der Waals surface area contributed by atoms with Crippen LogP contribution in [0.25, 0.3) is 22.4 Å². The quantitative estimate of drug-likeness (QED) is 0.223. The fourth-order valence-electron chi connectivity index (χ4n) is 3.99. The third-order valence-corrected chi connectivity index (χ3v) is 5.99. The number of benzene rings is 3. The van der Waals surface area contributed by atoms with Crippen molar-refractivity contribution in [2.75, 3.05) is 5.32 Å². The SMILES string of the molecule is C=CC(O)Nc1cccc(-n2c(=O)n(-c3ccc(OCc4ccccc4)c(Cl)c3)c3cnccc32)c1. The van der Waals surface area contributed by atoms with Crippen LogP contribution < -0.4 is 15.7 Å². The monoisotopic (exact) mass is 498 g/mol. The molecule has 0 saturated carbocycles. The van der Waals surface area contributed by atoms with Crippen molar-refractivity contribution in [3.63, 3.8) is 0 Å². The fourth-order valence-corrected chi connectivity index (χ4v) is 4.22. The van der Waals surface area contributed by atoms with Crippen molar-refractivity contribution in [2.45, 2.75) is 12.8 Å². The van der Waals surface area contributed by atoms with Gasteiger partial charge in [-0.2, -0.15) is 0 Å². The molecule has 5 aromatic rings. The first-order chi connectivity index (χ1) is 17.5. The van der Waals surface area contributed by atoms with E-state index in [0.717, 1.165) is 5.56 Å². The lowest BCUT2D eigenvalue weighted by Crippen LogP contribution is -2.22. The van der Waals surface area contributed by atoms with Crippen LogP contribution >= 0.6 is 11.6 Å². The number of pyridine rings is 1. The number of aromatic nitrogens is 3. The number of halogens is 1. The standard InChI is InChI=1S/C28H23ClN4O3/c1-2-27(34)31-20-9-6-10-21(15-20)32-24-13-14-30-17-25(24)33(28(32)35)22-11-12-26(23(29)16-22)36-18-19-7-4-3-5-8-19/h2-17,27,31,34H,1,18H2. The maximum atomic E-state index is 13.7. The zero-order chi connectivity index (χ0) is 25.1. The van der Waals surface area contributed by atoms with Crippen LogP contribution in [0.15, 0.2) is 109 Å². The van der Waals surface area contributed by atoms with Gasteiger partial charge in [0, 0.05) is 11.9 Å². The molecular formula is C28H23ClN4O3. The van der Waals surface area contributed by atoms with Gasteiger partial charge in [0.1, 0.15) is 18.6 Å². The lowest BCUT2D eigenvalue weighted by atomic mass is 10.2. The number of aliphatic hydroxyl groups excluding tert-OH is 1. The first-order valence-electron chi connectivity index (χ1n) is 11.3. The number of ether oxygens (including phenoxy) is 1. The van der Waals surface area contributed by atoms with Crippen molar-refractivity contribution in [3.8, 4) is 17.1 Å². The Labute approximate surface area is 212 Å². The molecule has 7 nitrogen and oxygen atoms in total. The summed E-state index contributed by atoms with van der Waals surface area (Å²) in [5, 5.41) is 13.2. The smallest absolute Gasteiger partial charge is 0.338 e. The highest BCUT2D eigenvalue weighted by Crippen LogP contribution is 2.29. The molecule has 2 aromatic heterocycles. The van der Waals surface area contributed by atoms with E-state index in [-0.39, 0.29) is 5.69 Å². The van der Waals surface area contributed by atoms with Crippen molar-refractivity contribution in [1.29, 1.82) is 0 Å². The van der Waals surface area contributed by atoms with Crippen LogP contribution in [0.1, 0.15) is 5.56 Å². The van der Waals surface area contributed by atoms with Gasteiger partial charge in [0.05, 0.1) is 33.6 Å². The molecule has 0 aliphatic rings. The van der Waals surface area contributed by atoms with Crippen molar-refractivity contribution < 1.29 is 9.84 Å². The Morgan fingerprint density at radius 2 is 1.78 bits per heavy atom. The van der Waals surface area contributed by atoms with E-state index in [1.165, 1.54) is 6.08 Å². The van der Waals surface area contributed by atoms with Crippen LogP contribution in [0.3, 0.4) is 0 Å². The van der Waals surface area contributed by atoms with Gasteiger partial charge in [-0.3, -0.25) is 14.1 Å². The van der Waals surface area contributed by atoms with Crippen LogP contribution in [0.4, 0.5) is 5.69 Å². The van der Waals surface area contributed by atoms with Gasteiger partial charge < -0.3 is 15.2 Å². The Morgan fingerprint density at radius 1 is 1.00 bits per heavy atom. The Hall–Kier alpha value is -4.33. The first-order valence-corrected chi connectivity index (χ1v) is 11.6. The van der Waals surface area contributed by atoms with Crippen molar-refractivity contribution in [2.24, 2.45) is 0 Å². The molecular weight excluding hydrogens is 476 g/mol. The minimum Gasteiger partial charge on any atom is -0.487 e. The van der Waals surface area contributed by atoms with Gasteiger partial charge in [-0.1, -0.05) is 54.6 Å². The summed E-state index contributed by atoms with van der Waals surface area (Å²) in [6, 6.07) is 24.1. The highest BCUT2D eigenvalue weighted by atomic mass is 35.5. The van der Waals surface area contributed by atoms with Crippen LogP contribution in [0.5, 0.6) is 5.75 Å². The van der Waals surface area contributed by atoms with Crippen molar-refractivity contribution in [1.82, 2.24) is 14.1 Å². The third kappa shape index (κ3) is 4.62. The van der Waals surface area contributed by atoms with Crippen molar-refractivity contribution >= 4 is 28.3 Å². The van der Waals surface area contributed by atoms with Gasteiger partial charge in [0.25, 0.3) is 0 Å². The molecule has 1 atom stereocenters. The summed E-state index contributed by atoms with van der Waals surface area (Å²) in [6.45, 7) is 3.95. The highest BCUT2D eigenvalue weighted by Gasteiger charge is 2.17. The summed E-state index contributed by atoms with van der Waals surface area (Å²) in [5.74, 6) is 0.527. The van der Waals surface area contributed by atoms with E-state index in [9.17, 15) is 9.90 Å². The number of hydrogen-bond acceptors (Lipinski definition) is 5. The van der Waals surface area contributed by atoms with Gasteiger partial charge in [-0.15, -0.1) is 0 Å². The zero-order valence-electron chi connectivity index (χ0n) is 19.2. The van der Waals surface area contributed by atoms with Crippen LogP contribution in [0, 0.1) is 0 Å². The molecule has 0 saturated heterocycles. The summed E-state index contributed by atoms with van der Waals surface area (Å²) in [5.41, 5.74) is 3.91. The summed E-state index contributed by atoms with van der Waals surface area (Å²) in [6.07, 6.45) is 3.75. The third-order valence-electron chi connectivity index (χ3n) is 5.70. The largest absolute Gasteiger partial charge is 0.487 e. The lowest BCUT2D eigenvalue weighted by molar-refractivity contribution is 0.253. The fraction of sp³-hybridized carbons (Fsp3) is 0.0714. The molecule has 0 aliphatic carbocycles. The molecule has 2 N–H and O–H groups in total. The van der Waals surface area contributed by atoms with Crippen LogP contribution in [-0.4, -0.2) is 25.5 Å². The van der Waals surface area contributed by atoms with Crippen LogP contribution in [0.2, 0.25) is 5.02 Å². The van der Waals surface area contributed by atoms with E-state index in [1.807, 2.05) is 36.4 Å². The molecule has 1 unspecified atom stereocenters. The van der Waals surface area contributed by atoms with E-state index in [0.29, 0.717) is 45.5 Å². The van der Waals surface area contributed by atoms with Gasteiger partial charge in [-0.25, -0.2) is 4.79 Å². The minimum atomic E-state index is -0.910. The summed E-state index contributed by atoms with van der Waals surface area (Å²) in [4.78, 5) is 18.0. The average Bonchev–Trinajstić information content (AvgIpc) is 3.20. The maximum Gasteiger partial charge on any atom is 0.338 e. The van der Waals surface area contributed by atoms with Crippen molar-refractivity contribution in [3.05, 3.63) is 125 Å². The number of fused-ring (bicyclic) bond motifs is 1. The molecule has 180 valence electrons. The maximum absolute atomic E-state index is 13.7. The molecule has 36 heavy (non-hydrogen) atoms. The van der Waals surface area contributed by atoms with E-state index in [4.69, 9.17) is 16.3 Å². The number of aliphatic hydroxyl groups is 1. The molecule has 0 bridgehead atoms. The summed E-state index contributed by atoms with van der Waals surface area (Å²) >= 11 is 6.55. The predicted octanol–water partition coefficient (Wildman–Crippen LogP) is 5.33. The molecule has 0 aliphatic heterocycles. The van der Waals surface area contributed by atoms with Gasteiger partial charge >= 0.3 is 5.69 Å². The second kappa shape index (κ2) is 10.1. The number of hydrogen-bond donors (Lipinski definition) is 2. The number of imidazole rings is 1. The zero-order valence-corrected chi connectivity index (χ0v) is 20.0. The lowest BCUT2D eigenvalue weighted by Gasteiger charge is -2.12. The Kier molecular flexibility index (Phi) is 6.58. The second-order valence-corrected chi connectivity index (χ2v) is 8.49. The molecule has 0 spiro atoms. The Morgan fingerprint density at radius 3 is 2.56 bits per heavy atom. The van der Waals surface area contributed by atoms with E-state index >= 15 is 0 Å². The summed E-state index contributed by atoms with van der Waals surface area (Å²) < 4.78 is 9.05. The minimum absolute atomic E-state index is 0.284. The second-order valence-electron chi connectivity index (χ2n) is 8.08. The topological polar surface area (TPSA) is 81.3 Å². The molecule has 8 heteroatoms. The van der Waals surface area contributed by atoms with E-state index in [2.05, 4.69) is 16.9 Å². The molecule has 0 fully saturated rings. The van der Waals surface area contributed by atoms with Crippen LogP contribution in [-0.2, 0) is 6.61 Å². The first kappa shape index (κ1) is 23.4. The number of anilines is 1. The van der Waals surface area contributed by atoms with E-state index < -0.39 is 6.23 Å². The number of nitrogens with one attached hydrogen (secondary N) is 1. The van der Waals surface area contributed by atoms with Gasteiger partial charge in [0.15, 0.2) is 0 Å².